The molecular weight excluding hydrogens is 258 g/mol. The minimum Gasteiger partial charge on any atom is -0.480 e. The largest absolute Gasteiger partial charge is 0.480 e. The molecule has 0 spiro atoms. The molecule has 0 saturated carbocycles. The topological polar surface area (TPSA) is 70.0 Å². The fraction of sp³-hybridized carbons (Fsp3) is 0.533. The third kappa shape index (κ3) is 6.54. The maximum Gasteiger partial charge on any atom is 0.323 e. The van der Waals surface area contributed by atoms with Crippen LogP contribution in [0.5, 0.6) is 0 Å². The number of aliphatic hydroxyl groups excluding tert-OH is 1. The van der Waals surface area contributed by atoms with Crippen molar-refractivity contribution in [1.82, 2.24) is 0 Å². The molecule has 5 heteroatoms. The first-order valence-corrected chi connectivity index (χ1v) is 6.91. The van der Waals surface area contributed by atoms with Crippen molar-refractivity contribution in [3.05, 3.63) is 30.3 Å². The first-order valence-electron chi connectivity index (χ1n) is 6.91. The molecule has 0 amide bonds. The lowest BCUT2D eigenvalue weighted by Crippen LogP contribution is -2.38. The minimum atomic E-state index is -0.923. The number of aliphatic hydroxyl groups is 1. The standard InChI is InChI=1S/C15H23NO4/c1-2-3-9-20-12-14(17)10-16(11-15(18)19)13-7-5-4-6-8-13/h4-8,14,17H,2-3,9-12H2,1H3,(H,18,19). The first kappa shape index (κ1) is 16.5. The zero-order valence-electron chi connectivity index (χ0n) is 11.9. The van der Waals surface area contributed by atoms with Crippen molar-refractivity contribution in [3.63, 3.8) is 0 Å². The predicted molar refractivity (Wildman–Crippen MR) is 78.0 cm³/mol. The van der Waals surface area contributed by atoms with Crippen LogP contribution in [0.4, 0.5) is 5.69 Å². The van der Waals surface area contributed by atoms with Gasteiger partial charge in [-0.1, -0.05) is 31.5 Å². The molecule has 0 aliphatic rings. The second-order valence-corrected chi connectivity index (χ2v) is 4.69. The number of rotatable bonds is 10. The van der Waals surface area contributed by atoms with Gasteiger partial charge in [0.15, 0.2) is 0 Å². The van der Waals surface area contributed by atoms with Crippen LogP contribution in [0.1, 0.15) is 19.8 Å². The second-order valence-electron chi connectivity index (χ2n) is 4.69. The van der Waals surface area contributed by atoms with E-state index in [1.807, 2.05) is 30.3 Å². The summed E-state index contributed by atoms with van der Waals surface area (Å²) in [7, 11) is 0. The van der Waals surface area contributed by atoms with E-state index in [0.717, 1.165) is 18.5 Å². The molecule has 1 aromatic carbocycles. The Morgan fingerprint density at radius 3 is 2.65 bits per heavy atom. The summed E-state index contributed by atoms with van der Waals surface area (Å²) >= 11 is 0. The van der Waals surface area contributed by atoms with Crippen molar-refractivity contribution in [1.29, 1.82) is 0 Å². The maximum absolute atomic E-state index is 10.9. The quantitative estimate of drug-likeness (QED) is 0.639. The van der Waals surface area contributed by atoms with Gasteiger partial charge in [-0.05, 0) is 18.6 Å². The summed E-state index contributed by atoms with van der Waals surface area (Å²) in [6.07, 6.45) is 1.31. The van der Waals surface area contributed by atoms with Crippen LogP contribution in [0.15, 0.2) is 30.3 Å². The molecule has 0 heterocycles. The highest BCUT2D eigenvalue weighted by atomic mass is 16.5. The van der Waals surface area contributed by atoms with E-state index in [0.29, 0.717) is 6.61 Å². The Morgan fingerprint density at radius 1 is 1.35 bits per heavy atom. The van der Waals surface area contributed by atoms with Gasteiger partial charge in [0.05, 0.1) is 12.7 Å². The third-order valence-electron chi connectivity index (χ3n) is 2.83. The van der Waals surface area contributed by atoms with Crippen LogP contribution in [0.2, 0.25) is 0 Å². The van der Waals surface area contributed by atoms with Gasteiger partial charge in [0, 0.05) is 18.8 Å². The highest BCUT2D eigenvalue weighted by Gasteiger charge is 2.15. The smallest absolute Gasteiger partial charge is 0.323 e. The van der Waals surface area contributed by atoms with Crippen LogP contribution in [0, 0.1) is 0 Å². The zero-order chi connectivity index (χ0) is 14.8. The number of benzene rings is 1. The Morgan fingerprint density at radius 2 is 2.05 bits per heavy atom. The molecule has 5 nitrogen and oxygen atoms in total. The number of ether oxygens (including phenoxy) is 1. The molecule has 1 rings (SSSR count). The summed E-state index contributed by atoms with van der Waals surface area (Å²) in [5.41, 5.74) is 0.780. The molecule has 0 bridgehead atoms. The summed E-state index contributed by atoms with van der Waals surface area (Å²) in [6.45, 7) is 3.02. The van der Waals surface area contributed by atoms with Crippen LogP contribution in [0.25, 0.3) is 0 Å². The summed E-state index contributed by atoms with van der Waals surface area (Å²) in [6, 6.07) is 9.20. The average Bonchev–Trinajstić information content (AvgIpc) is 2.43. The molecule has 1 unspecified atom stereocenters. The van der Waals surface area contributed by atoms with Gasteiger partial charge in [-0.15, -0.1) is 0 Å². The molecule has 112 valence electrons. The third-order valence-corrected chi connectivity index (χ3v) is 2.83. The number of carbonyl (C=O) groups is 1. The molecule has 0 aliphatic carbocycles. The van der Waals surface area contributed by atoms with Crippen molar-refractivity contribution in [2.24, 2.45) is 0 Å². The molecule has 0 aliphatic heterocycles. The Bertz CT molecular complexity index is 383. The molecule has 1 aromatic rings. The van der Waals surface area contributed by atoms with Gasteiger partial charge in [0.2, 0.25) is 0 Å². The summed E-state index contributed by atoms with van der Waals surface area (Å²) in [4.78, 5) is 12.5. The van der Waals surface area contributed by atoms with E-state index in [1.165, 1.54) is 0 Å². The van der Waals surface area contributed by atoms with Gasteiger partial charge in [-0.25, -0.2) is 0 Å². The van der Waals surface area contributed by atoms with E-state index in [-0.39, 0.29) is 19.7 Å². The highest BCUT2D eigenvalue weighted by Crippen LogP contribution is 2.13. The van der Waals surface area contributed by atoms with Crippen LogP contribution < -0.4 is 4.90 Å². The molecule has 20 heavy (non-hydrogen) atoms. The second kappa shape index (κ2) is 9.34. The first-order chi connectivity index (χ1) is 9.63. The summed E-state index contributed by atoms with van der Waals surface area (Å²) in [5, 5.41) is 18.9. The van der Waals surface area contributed by atoms with Gasteiger partial charge in [0.1, 0.15) is 6.54 Å². The number of aliphatic carboxylic acids is 1. The van der Waals surface area contributed by atoms with E-state index in [2.05, 4.69) is 6.92 Å². The van der Waals surface area contributed by atoms with Crippen LogP contribution >= 0.6 is 0 Å². The van der Waals surface area contributed by atoms with Crippen molar-refractivity contribution in [3.8, 4) is 0 Å². The van der Waals surface area contributed by atoms with E-state index < -0.39 is 12.1 Å². The van der Waals surface area contributed by atoms with Crippen molar-refractivity contribution >= 4 is 11.7 Å². The van der Waals surface area contributed by atoms with Crippen molar-refractivity contribution < 1.29 is 19.7 Å². The normalized spacial score (nSPS) is 12.1. The monoisotopic (exact) mass is 281 g/mol. The number of para-hydroxylation sites is 1. The average molecular weight is 281 g/mol. The van der Waals surface area contributed by atoms with Gasteiger partial charge in [-0.3, -0.25) is 4.79 Å². The van der Waals surface area contributed by atoms with Crippen molar-refractivity contribution in [2.45, 2.75) is 25.9 Å². The lowest BCUT2D eigenvalue weighted by atomic mass is 10.2. The van der Waals surface area contributed by atoms with Gasteiger partial charge >= 0.3 is 5.97 Å². The predicted octanol–water partition coefficient (Wildman–Crippen LogP) is 1.76. The minimum absolute atomic E-state index is 0.143. The van der Waals surface area contributed by atoms with Crippen LogP contribution in [-0.2, 0) is 9.53 Å². The highest BCUT2D eigenvalue weighted by molar-refractivity contribution is 5.73. The number of nitrogens with zero attached hydrogens (tertiary/aromatic N) is 1. The molecule has 0 saturated heterocycles. The van der Waals surface area contributed by atoms with Gasteiger partial charge in [0.25, 0.3) is 0 Å². The maximum atomic E-state index is 10.9. The Balaban J connectivity index is 2.50. The fourth-order valence-electron chi connectivity index (χ4n) is 1.84. The molecule has 0 fully saturated rings. The fourth-order valence-corrected chi connectivity index (χ4v) is 1.84. The lowest BCUT2D eigenvalue weighted by Gasteiger charge is -2.25. The number of unbranched alkanes of at least 4 members (excludes halogenated alkanes) is 1. The van der Waals surface area contributed by atoms with Crippen molar-refractivity contribution in [2.75, 3.05) is 31.2 Å². The van der Waals surface area contributed by atoms with Crippen LogP contribution in [0.3, 0.4) is 0 Å². The van der Waals surface area contributed by atoms with Crippen LogP contribution in [-0.4, -0.2) is 48.6 Å². The number of hydrogen-bond donors (Lipinski definition) is 2. The number of carboxylic acids is 1. The van der Waals surface area contributed by atoms with E-state index in [9.17, 15) is 9.90 Å². The van der Waals surface area contributed by atoms with E-state index >= 15 is 0 Å². The lowest BCUT2D eigenvalue weighted by molar-refractivity contribution is -0.135. The number of anilines is 1. The molecule has 0 aromatic heterocycles. The Hall–Kier alpha value is -1.59. The number of carboxylic acid groups (broad SMARTS) is 1. The Labute approximate surface area is 119 Å². The Kier molecular flexibility index (Phi) is 7.69. The SMILES string of the molecule is CCCCOCC(O)CN(CC(=O)O)c1ccccc1. The van der Waals surface area contributed by atoms with Gasteiger partial charge < -0.3 is 19.8 Å². The molecular formula is C15H23NO4. The zero-order valence-corrected chi connectivity index (χ0v) is 11.9. The molecule has 0 radical (unpaired) electrons. The number of hydrogen-bond acceptors (Lipinski definition) is 4. The summed E-state index contributed by atoms with van der Waals surface area (Å²) in [5.74, 6) is -0.923. The van der Waals surface area contributed by atoms with E-state index in [4.69, 9.17) is 9.84 Å². The van der Waals surface area contributed by atoms with E-state index in [1.54, 1.807) is 4.90 Å². The molecule has 1 atom stereocenters. The summed E-state index contributed by atoms with van der Waals surface area (Å²) < 4.78 is 5.35. The van der Waals surface area contributed by atoms with Gasteiger partial charge in [-0.2, -0.15) is 0 Å². The molecule has 2 N–H and O–H groups in total.